The van der Waals surface area contributed by atoms with Crippen molar-refractivity contribution >= 4 is 39.1 Å². The van der Waals surface area contributed by atoms with Crippen LogP contribution in [-0.2, 0) is 32.6 Å². The minimum absolute atomic E-state index is 0.0598. The van der Waals surface area contributed by atoms with Crippen molar-refractivity contribution in [1.29, 1.82) is 0 Å². The van der Waals surface area contributed by atoms with Crippen LogP contribution in [0.1, 0.15) is 45.7 Å². The molecule has 2 rings (SSSR count). The molecule has 0 saturated heterocycles. The van der Waals surface area contributed by atoms with Crippen LogP contribution in [0.4, 0.5) is 5.69 Å². The second-order valence-corrected chi connectivity index (χ2v) is 11.6. The van der Waals surface area contributed by atoms with Gasteiger partial charge in [0, 0.05) is 17.1 Å². The number of anilines is 1. The van der Waals surface area contributed by atoms with Crippen molar-refractivity contribution in [2.45, 2.75) is 59.2 Å². The van der Waals surface area contributed by atoms with Crippen LogP contribution in [-0.4, -0.2) is 49.5 Å². The summed E-state index contributed by atoms with van der Waals surface area (Å²) in [5.74, 6) is -0.847. The van der Waals surface area contributed by atoms with Crippen LogP contribution >= 0.6 is 11.6 Å². The van der Waals surface area contributed by atoms with E-state index in [0.717, 1.165) is 16.1 Å². The molecule has 0 aromatic heterocycles. The standard InChI is InChI=1S/C25H34ClN3O4S/c1-7-19-12-9-11-15-22(19)29(34(6,32)33)17-23(30)28(16-20-13-8-10-14-21(20)26)18(2)24(31)27-25(3,4)5/h8-15,18H,7,16-17H2,1-6H3,(H,27,31)/t18-/m0/s1. The minimum Gasteiger partial charge on any atom is -0.350 e. The highest BCUT2D eigenvalue weighted by molar-refractivity contribution is 7.92. The number of sulfonamides is 1. The van der Waals surface area contributed by atoms with Gasteiger partial charge in [-0.15, -0.1) is 0 Å². The van der Waals surface area contributed by atoms with Gasteiger partial charge in [-0.1, -0.05) is 54.9 Å². The molecular weight excluding hydrogens is 474 g/mol. The molecule has 9 heteroatoms. The molecule has 0 fully saturated rings. The number of carbonyl (C=O) groups excluding carboxylic acids is 2. The van der Waals surface area contributed by atoms with E-state index in [4.69, 9.17) is 11.6 Å². The van der Waals surface area contributed by atoms with Gasteiger partial charge in [-0.2, -0.15) is 0 Å². The normalized spacial score (nSPS) is 12.7. The van der Waals surface area contributed by atoms with Crippen LogP contribution in [0.25, 0.3) is 0 Å². The van der Waals surface area contributed by atoms with E-state index in [-0.39, 0.29) is 12.5 Å². The molecule has 1 atom stereocenters. The summed E-state index contributed by atoms with van der Waals surface area (Å²) in [6, 6.07) is 13.3. The molecule has 7 nitrogen and oxygen atoms in total. The van der Waals surface area contributed by atoms with Crippen LogP contribution in [0.15, 0.2) is 48.5 Å². The lowest BCUT2D eigenvalue weighted by molar-refractivity contribution is -0.140. The summed E-state index contributed by atoms with van der Waals surface area (Å²) in [7, 11) is -3.78. The SMILES string of the molecule is CCc1ccccc1N(CC(=O)N(Cc1ccccc1Cl)[C@@H](C)C(=O)NC(C)(C)C)S(C)(=O)=O. The Balaban J connectivity index is 2.46. The van der Waals surface area contributed by atoms with Gasteiger partial charge in [0.25, 0.3) is 0 Å². The van der Waals surface area contributed by atoms with Gasteiger partial charge >= 0.3 is 0 Å². The summed E-state index contributed by atoms with van der Waals surface area (Å²) in [6.07, 6.45) is 1.67. The second-order valence-electron chi connectivity index (χ2n) is 9.28. The molecule has 0 saturated carbocycles. The molecule has 0 bridgehead atoms. The predicted molar refractivity (Wildman–Crippen MR) is 137 cm³/mol. The summed E-state index contributed by atoms with van der Waals surface area (Å²) >= 11 is 6.33. The number of halogens is 1. The molecule has 0 unspecified atom stereocenters. The number of nitrogens with one attached hydrogen (secondary N) is 1. The fourth-order valence-corrected chi connectivity index (χ4v) is 4.59. The summed E-state index contributed by atoms with van der Waals surface area (Å²) in [6.45, 7) is 8.72. The first-order valence-electron chi connectivity index (χ1n) is 11.1. The molecule has 0 radical (unpaired) electrons. The number of carbonyl (C=O) groups is 2. The zero-order valence-corrected chi connectivity index (χ0v) is 22.2. The van der Waals surface area contributed by atoms with E-state index in [2.05, 4.69) is 5.32 Å². The summed E-state index contributed by atoms with van der Waals surface area (Å²) in [4.78, 5) is 27.9. The third-order valence-corrected chi connectivity index (χ3v) is 6.78. The first kappa shape index (κ1) is 27.7. The molecule has 0 aliphatic carbocycles. The van der Waals surface area contributed by atoms with Crippen molar-refractivity contribution < 1.29 is 18.0 Å². The molecule has 0 heterocycles. The average Bonchev–Trinajstić information content (AvgIpc) is 2.74. The molecule has 1 N–H and O–H groups in total. The number of para-hydroxylation sites is 1. The van der Waals surface area contributed by atoms with E-state index in [1.807, 2.05) is 39.8 Å². The van der Waals surface area contributed by atoms with E-state index in [1.54, 1.807) is 43.3 Å². The number of hydrogen-bond acceptors (Lipinski definition) is 4. The minimum atomic E-state index is -3.78. The van der Waals surface area contributed by atoms with Crippen LogP contribution < -0.4 is 9.62 Å². The maximum atomic E-state index is 13.6. The van der Waals surface area contributed by atoms with E-state index in [1.165, 1.54) is 4.90 Å². The van der Waals surface area contributed by atoms with E-state index in [9.17, 15) is 18.0 Å². The molecule has 2 aromatic rings. The number of aryl methyl sites for hydroxylation is 1. The zero-order valence-electron chi connectivity index (χ0n) is 20.6. The van der Waals surface area contributed by atoms with Gasteiger partial charge in [0.15, 0.2) is 0 Å². The Labute approximate surface area is 208 Å². The van der Waals surface area contributed by atoms with Crippen molar-refractivity contribution in [3.05, 3.63) is 64.7 Å². The molecular formula is C25H34ClN3O4S. The molecule has 0 spiro atoms. The third-order valence-electron chi connectivity index (χ3n) is 5.28. The highest BCUT2D eigenvalue weighted by Gasteiger charge is 2.32. The highest BCUT2D eigenvalue weighted by Crippen LogP contribution is 2.25. The summed E-state index contributed by atoms with van der Waals surface area (Å²) < 4.78 is 26.5. The largest absolute Gasteiger partial charge is 0.350 e. The lowest BCUT2D eigenvalue weighted by Gasteiger charge is -2.33. The van der Waals surface area contributed by atoms with Crippen LogP contribution in [0.3, 0.4) is 0 Å². The van der Waals surface area contributed by atoms with Gasteiger partial charge in [-0.25, -0.2) is 8.42 Å². The lowest BCUT2D eigenvalue weighted by Crippen LogP contribution is -2.54. The fraction of sp³-hybridized carbons (Fsp3) is 0.440. The van der Waals surface area contributed by atoms with E-state index < -0.39 is 34.1 Å². The average molecular weight is 508 g/mol. The Morgan fingerprint density at radius 2 is 1.59 bits per heavy atom. The lowest BCUT2D eigenvalue weighted by atomic mass is 10.1. The Hall–Kier alpha value is -2.58. The Bertz CT molecular complexity index is 1130. The van der Waals surface area contributed by atoms with Gasteiger partial charge in [0.1, 0.15) is 12.6 Å². The topological polar surface area (TPSA) is 86.8 Å². The highest BCUT2D eigenvalue weighted by atomic mass is 35.5. The number of hydrogen-bond donors (Lipinski definition) is 1. The monoisotopic (exact) mass is 507 g/mol. The van der Waals surface area contributed by atoms with Gasteiger partial charge < -0.3 is 10.2 Å². The first-order chi connectivity index (χ1) is 15.7. The molecule has 0 aliphatic heterocycles. The Morgan fingerprint density at radius 1 is 1.03 bits per heavy atom. The fourth-order valence-electron chi connectivity index (χ4n) is 3.51. The quantitative estimate of drug-likeness (QED) is 0.555. The van der Waals surface area contributed by atoms with Gasteiger partial charge in [0.05, 0.1) is 11.9 Å². The number of nitrogens with zero attached hydrogens (tertiary/aromatic N) is 2. The molecule has 0 aliphatic rings. The third kappa shape index (κ3) is 7.46. The number of rotatable bonds is 9. The van der Waals surface area contributed by atoms with E-state index >= 15 is 0 Å². The number of amides is 2. The Kier molecular flexibility index (Phi) is 9.14. The molecule has 34 heavy (non-hydrogen) atoms. The smallest absolute Gasteiger partial charge is 0.244 e. The van der Waals surface area contributed by atoms with Crippen molar-refractivity contribution in [3.8, 4) is 0 Å². The van der Waals surface area contributed by atoms with Gasteiger partial charge in [0.2, 0.25) is 21.8 Å². The van der Waals surface area contributed by atoms with Crippen molar-refractivity contribution in [1.82, 2.24) is 10.2 Å². The van der Waals surface area contributed by atoms with Crippen molar-refractivity contribution in [2.75, 3.05) is 17.1 Å². The molecule has 2 amide bonds. The first-order valence-corrected chi connectivity index (χ1v) is 13.4. The maximum Gasteiger partial charge on any atom is 0.244 e. The maximum absolute atomic E-state index is 13.6. The van der Waals surface area contributed by atoms with Crippen molar-refractivity contribution in [3.63, 3.8) is 0 Å². The van der Waals surface area contributed by atoms with Crippen LogP contribution in [0.5, 0.6) is 0 Å². The summed E-state index contributed by atoms with van der Waals surface area (Å²) in [5.41, 5.74) is 1.42. The van der Waals surface area contributed by atoms with Gasteiger partial charge in [-0.3, -0.25) is 13.9 Å². The zero-order chi connectivity index (χ0) is 25.7. The van der Waals surface area contributed by atoms with Gasteiger partial charge in [-0.05, 0) is 57.4 Å². The second kappa shape index (κ2) is 11.2. The van der Waals surface area contributed by atoms with Crippen LogP contribution in [0, 0.1) is 0 Å². The molecule has 2 aromatic carbocycles. The molecule has 186 valence electrons. The predicted octanol–water partition coefficient (Wildman–Crippen LogP) is 4.00. The van der Waals surface area contributed by atoms with Crippen molar-refractivity contribution in [2.24, 2.45) is 0 Å². The summed E-state index contributed by atoms with van der Waals surface area (Å²) in [5, 5.41) is 3.35. The number of benzene rings is 2. The Morgan fingerprint density at radius 3 is 2.12 bits per heavy atom. The van der Waals surface area contributed by atoms with E-state index in [0.29, 0.717) is 22.7 Å². The van der Waals surface area contributed by atoms with Crippen LogP contribution in [0.2, 0.25) is 5.02 Å².